The molecule has 0 saturated carbocycles. The number of hydrogen-bond donors (Lipinski definition) is 1. The lowest BCUT2D eigenvalue weighted by molar-refractivity contribution is 0.575. The van der Waals surface area contributed by atoms with E-state index in [-0.39, 0.29) is 0 Å². The molecule has 1 atom stereocenters. The van der Waals surface area contributed by atoms with Gasteiger partial charge in [-0.1, -0.05) is 31.2 Å². The summed E-state index contributed by atoms with van der Waals surface area (Å²) in [7, 11) is 0. The second kappa shape index (κ2) is 8.08. The SMILES string of the molecule is CCCNC(CSc1ccccc1)c1cncc(C)c1. The minimum Gasteiger partial charge on any atom is -0.309 e. The van der Waals surface area contributed by atoms with Crippen LogP contribution in [0.5, 0.6) is 0 Å². The maximum Gasteiger partial charge on any atom is 0.0430 e. The van der Waals surface area contributed by atoms with Crippen molar-refractivity contribution in [1.29, 1.82) is 0 Å². The molecule has 1 unspecified atom stereocenters. The monoisotopic (exact) mass is 286 g/mol. The molecule has 1 heterocycles. The number of aromatic nitrogens is 1. The number of benzene rings is 1. The third-order valence-electron chi connectivity index (χ3n) is 3.10. The molecule has 0 aliphatic rings. The second-order valence-electron chi connectivity index (χ2n) is 4.93. The summed E-state index contributed by atoms with van der Waals surface area (Å²) in [5, 5.41) is 3.62. The lowest BCUT2D eigenvalue weighted by Gasteiger charge is -2.18. The highest BCUT2D eigenvalue weighted by Crippen LogP contribution is 2.24. The summed E-state index contributed by atoms with van der Waals surface area (Å²) in [5.41, 5.74) is 2.50. The van der Waals surface area contributed by atoms with E-state index in [1.54, 1.807) is 0 Å². The van der Waals surface area contributed by atoms with E-state index in [1.165, 1.54) is 16.0 Å². The molecule has 0 aliphatic carbocycles. The van der Waals surface area contributed by atoms with Crippen LogP contribution in [-0.2, 0) is 0 Å². The predicted molar refractivity (Wildman–Crippen MR) is 87.2 cm³/mol. The summed E-state index contributed by atoms with van der Waals surface area (Å²) < 4.78 is 0. The fraction of sp³-hybridized carbons (Fsp3) is 0.353. The zero-order valence-electron chi connectivity index (χ0n) is 12.2. The van der Waals surface area contributed by atoms with Gasteiger partial charge in [0.05, 0.1) is 0 Å². The molecule has 2 nitrogen and oxygen atoms in total. The van der Waals surface area contributed by atoms with Crippen LogP contribution >= 0.6 is 11.8 Å². The maximum atomic E-state index is 4.32. The van der Waals surface area contributed by atoms with E-state index in [1.807, 2.05) is 24.2 Å². The molecular weight excluding hydrogens is 264 g/mol. The number of hydrogen-bond acceptors (Lipinski definition) is 3. The van der Waals surface area contributed by atoms with E-state index >= 15 is 0 Å². The van der Waals surface area contributed by atoms with Gasteiger partial charge in [-0.3, -0.25) is 4.98 Å². The van der Waals surface area contributed by atoms with Crippen LogP contribution in [0.4, 0.5) is 0 Å². The Kier molecular flexibility index (Phi) is 6.09. The van der Waals surface area contributed by atoms with Crippen LogP contribution < -0.4 is 5.32 Å². The van der Waals surface area contributed by atoms with Crippen molar-refractivity contribution >= 4 is 11.8 Å². The van der Waals surface area contributed by atoms with Crippen LogP contribution in [0, 0.1) is 6.92 Å². The molecule has 0 aliphatic heterocycles. The summed E-state index contributed by atoms with van der Waals surface area (Å²) in [6, 6.07) is 13.1. The summed E-state index contributed by atoms with van der Waals surface area (Å²) >= 11 is 1.89. The van der Waals surface area contributed by atoms with Gasteiger partial charge in [0.2, 0.25) is 0 Å². The number of thioether (sulfide) groups is 1. The summed E-state index contributed by atoms with van der Waals surface area (Å²) in [6.45, 7) is 5.33. The normalized spacial score (nSPS) is 12.3. The average Bonchev–Trinajstić information content (AvgIpc) is 2.48. The molecule has 2 rings (SSSR count). The predicted octanol–water partition coefficient (Wildman–Crippen LogP) is 4.22. The highest BCUT2D eigenvalue weighted by molar-refractivity contribution is 7.99. The highest BCUT2D eigenvalue weighted by Gasteiger charge is 2.11. The summed E-state index contributed by atoms with van der Waals surface area (Å²) in [6.07, 6.45) is 5.03. The minimum atomic E-state index is 0.354. The molecule has 0 bridgehead atoms. The van der Waals surface area contributed by atoms with Crippen molar-refractivity contribution in [3.05, 3.63) is 59.9 Å². The third-order valence-corrected chi connectivity index (χ3v) is 4.20. The van der Waals surface area contributed by atoms with E-state index in [2.05, 4.69) is 60.5 Å². The number of nitrogens with one attached hydrogen (secondary N) is 1. The van der Waals surface area contributed by atoms with E-state index < -0.39 is 0 Å². The van der Waals surface area contributed by atoms with Gasteiger partial charge < -0.3 is 5.32 Å². The summed E-state index contributed by atoms with van der Waals surface area (Å²) in [4.78, 5) is 5.64. The molecule has 1 aromatic heterocycles. The number of rotatable bonds is 7. The van der Waals surface area contributed by atoms with Gasteiger partial charge in [0.1, 0.15) is 0 Å². The van der Waals surface area contributed by atoms with Gasteiger partial charge in [-0.25, -0.2) is 0 Å². The lowest BCUT2D eigenvalue weighted by atomic mass is 10.1. The average molecular weight is 286 g/mol. The first-order chi connectivity index (χ1) is 9.79. The van der Waals surface area contributed by atoms with E-state index in [4.69, 9.17) is 0 Å². The molecule has 1 N–H and O–H groups in total. The topological polar surface area (TPSA) is 24.9 Å². The first-order valence-corrected chi connectivity index (χ1v) is 8.11. The van der Waals surface area contributed by atoms with Gasteiger partial charge >= 0.3 is 0 Å². The number of nitrogens with zero attached hydrogens (tertiary/aromatic N) is 1. The van der Waals surface area contributed by atoms with Crippen LogP contribution in [0.25, 0.3) is 0 Å². The third kappa shape index (κ3) is 4.66. The Labute approximate surface area is 126 Å². The van der Waals surface area contributed by atoms with Gasteiger partial charge in [-0.15, -0.1) is 11.8 Å². The van der Waals surface area contributed by atoms with Crippen LogP contribution in [0.2, 0.25) is 0 Å². The molecule has 2 aromatic rings. The van der Waals surface area contributed by atoms with Crippen LogP contribution in [0.1, 0.15) is 30.5 Å². The Morgan fingerprint density at radius 1 is 1.20 bits per heavy atom. The van der Waals surface area contributed by atoms with Gasteiger partial charge in [-0.2, -0.15) is 0 Å². The zero-order valence-corrected chi connectivity index (χ0v) is 13.0. The minimum absolute atomic E-state index is 0.354. The van der Waals surface area contributed by atoms with Crippen molar-refractivity contribution < 1.29 is 0 Å². The molecule has 3 heteroatoms. The van der Waals surface area contributed by atoms with E-state index in [9.17, 15) is 0 Å². The van der Waals surface area contributed by atoms with Gasteiger partial charge in [0, 0.05) is 29.1 Å². The molecule has 20 heavy (non-hydrogen) atoms. The lowest BCUT2D eigenvalue weighted by Crippen LogP contribution is -2.24. The number of aryl methyl sites for hydroxylation is 1. The van der Waals surface area contributed by atoms with Crippen molar-refractivity contribution in [3.8, 4) is 0 Å². The Morgan fingerprint density at radius 3 is 2.70 bits per heavy atom. The molecule has 0 fully saturated rings. The Balaban J connectivity index is 2.03. The quantitative estimate of drug-likeness (QED) is 0.771. The van der Waals surface area contributed by atoms with Crippen molar-refractivity contribution in [2.45, 2.75) is 31.2 Å². The molecule has 1 aromatic carbocycles. The standard InChI is InChI=1S/C17H22N2S/c1-3-9-19-17(15-10-14(2)11-18-12-15)13-20-16-7-5-4-6-8-16/h4-8,10-12,17,19H,3,9,13H2,1-2H3. The Hall–Kier alpha value is -1.32. The molecule has 0 spiro atoms. The first-order valence-electron chi connectivity index (χ1n) is 7.12. The van der Waals surface area contributed by atoms with E-state index in [0.29, 0.717) is 6.04 Å². The van der Waals surface area contributed by atoms with Crippen LogP contribution in [0.15, 0.2) is 53.7 Å². The van der Waals surface area contributed by atoms with Gasteiger partial charge in [0.25, 0.3) is 0 Å². The van der Waals surface area contributed by atoms with Crippen molar-refractivity contribution in [3.63, 3.8) is 0 Å². The van der Waals surface area contributed by atoms with Crippen molar-refractivity contribution in [2.75, 3.05) is 12.3 Å². The van der Waals surface area contributed by atoms with Crippen molar-refractivity contribution in [1.82, 2.24) is 10.3 Å². The van der Waals surface area contributed by atoms with Crippen LogP contribution in [0.3, 0.4) is 0 Å². The molecular formula is C17H22N2S. The Morgan fingerprint density at radius 2 is 2.00 bits per heavy atom. The maximum absolute atomic E-state index is 4.32. The van der Waals surface area contributed by atoms with Gasteiger partial charge in [0.15, 0.2) is 0 Å². The number of pyridine rings is 1. The molecule has 106 valence electrons. The van der Waals surface area contributed by atoms with Crippen molar-refractivity contribution in [2.24, 2.45) is 0 Å². The zero-order chi connectivity index (χ0) is 14.2. The molecule has 0 amide bonds. The first kappa shape index (κ1) is 15.1. The Bertz CT molecular complexity index is 513. The fourth-order valence-corrected chi connectivity index (χ4v) is 3.08. The van der Waals surface area contributed by atoms with E-state index in [0.717, 1.165) is 18.7 Å². The largest absolute Gasteiger partial charge is 0.309 e. The van der Waals surface area contributed by atoms with Crippen LogP contribution in [-0.4, -0.2) is 17.3 Å². The smallest absolute Gasteiger partial charge is 0.0430 e. The molecule has 0 saturated heterocycles. The fourth-order valence-electron chi connectivity index (χ4n) is 2.06. The highest BCUT2D eigenvalue weighted by atomic mass is 32.2. The second-order valence-corrected chi connectivity index (χ2v) is 6.02. The molecule has 0 radical (unpaired) electrons. The van der Waals surface area contributed by atoms with Gasteiger partial charge in [-0.05, 0) is 43.1 Å². The summed E-state index contributed by atoms with van der Waals surface area (Å²) in [5.74, 6) is 1.02.